The number of nitrogens with one attached hydrogen (secondary N) is 2. The van der Waals surface area contributed by atoms with Crippen LogP contribution in [0.5, 0.6) is 0 Å². The van der Waals surface area contributed by atoms with Crippen molar-refractivity contribution in [2.24, 2.45) is 4.99 Å². The first kappa shape index (κ1) is 19.7. The summed E-state index contributed by atoms with van der Waals surface area (Å²) in [5.41, 5.74) is 0.740. The number of nitrogens with zero attached hydrogens (tertiary/aromatic N) is 2. The topological polar surface area (TPSA) is 60.2 Å². The van der Waals surface area contributed by atoms with Crippen molar-refractivity contribution in [1.29, 1.82) is 5.26 Å². The summed E-state index contributed by atoms with van der Waals surface area (Å²) in [7, 11) is 0. The fourth-order valence-electron chi connectivity index (χ4n) is 2.26. The Morgan fingerprint density at radius 3 is 2.46 bits per heavy atom. The third-order valence-corrected chi connectivity index (χ3v) is 4.15. The number of benzene rings is 2. The third-order valence-electron chi connectivity index (χ3n) is 3.57. The van der Waals surface area contributed by atoms with E-state index < -0.39 is 11.7 Å². The van der Waals surface area contributed by atoms with Crippen LogP contribution in [0.25, 0.3) is 0 Å². The molecule has 1 unspecified atom stereocenters. The van der Waals surface area contributed by atoms with Crippen LogP contribution in [0.1, 0.15) is 24.1 Å². The summed E-state index contributed by atoms with van der Waals surface area (Å²) in [4.78, 5) is 4.17. The van der Waals surface area contributed by atoms with E-state index in [-0.39, 0.29) is 16.9 Å². The number of aliphatic imine (C=N–C) groups is 1. The highest BCUT2D eigenvalue weighted by molar-refractivity contribution is 8.13. The lowest BCUT2D eigenvalue weighted by Gasteiger charge is -2.18. The van der Waals surface area contributed by atoms with Gasteiger partial charge >= 0.3 is 6.18 Å². The fraction of sp³-hybridized carbons (Fsp3) is 0.222. The molecular weight excluding hydrogens is 361 g/mol. The van der Waals surface area contributed by atoms with Crippen molar-refractivity contribution < 1.29 is 13.2 Å². The van der Waals surface area contributed by atoms with Gasteiger partial charge in [0.05, 0.1) is 16.9 Å². The standard InChI is InChI=1S/C18H17F3N4S/c1-12(13-6-4-3-5-7-13)24-15-9-8-14(18(19,20)21)10-16(15)25-17(26-2)23-11-22/h3-10,12,24H,1-2H3,(H,23,25). The van der Waals surface area contributed by atoms with Gasteiger partial charge in [-0.05, 0) is 36.9 Å². The molecular formula is C18H17F3N4S. The van der Waals surface area contributed by atoms with Crippen molar-refractivity contribution in [3.8, 4) is 6.19 Å². The van der Waals surface area contributed by atoms with Gasteiger partial charge in [0.15, 0.2) is 11.4 Å². The van der Waals surface area contributed by atoms with Gasteiger partial charge in [0.25, 0.3) is 0 Å². The molecule has 136 valence electrons. The Bertz CT molecular complexity index is 813. The van der Waals surface area contributed by atoms with Crippen LogP contribution in [0.15, 0.2) is 53.5 Å². The van der Waals surface area contributed by atoms with Crippen molar-refractivity contribution in [3.05, 3.63) is 59.7 Å². The number of alkyl halides is 3. The molecule has 0 spiro atoms. The molecule has 0 aliphatic carbocycles. The summed E-state index contributed by atoms with van der Waals surface area (Å²) in [6.07, 6.45) is -1.07. The van der Waals surface area contributed by atoms with Crippen molar-refractivity contribution in [2.45, 2.75) is 19.1 Å². The summed E-state index contributed by atoms with van der Waals surface area (Å²) in [5.74, 6) is 0. The van der Waals surface area contributed by atoms with E-state index in [1.165, 1.54) is 6.07 Å². The van der Waals surface area contributed by atoms with Crippen molar-refractivity contribution >= 4 is 28.3 Å². The molecule has 0 bridgehead atoms. The first-order valence-electron chi connectivity index (χ1n) is 7.65. The Balaban J connectivity index is 2.42. The molecule has 0 aromatic heterocycles. The van der Waals surface area contributed by atoms with E-state index in [0.717, 1.165) is 29.5 Å². The minimum atomic E-state index is -4.48. The molecule has 0 saturated heterocycles. The highest BCUT2D eigenvalue weighted by Crippen LogP contribution is 2.36. The molecule has 1 atom stereocenters. The zero-order valence-electron chi connectivity index (χ0n) is 14.1. The van der Waals surface area contributed by atoms with Crippen LogP contribution in [0.2, 0.25) is 0 Å². The molecule has 2 N–H and O–H groups in total. The van der Waals surface area contributed by atoms with Gasteiger partial charge in [0.1, 0.15) is 0 Å². The van der Waals surface area contributed by atoms with Gasteiger partial charge in [-0.1, -0.05) is 42.1 Å². The SMILES string of the molecule is CSC(=Nc1cc(C(F)(F)F)ccc1NC(C)c1ccccc1)NC#N. The van der Waals surface area contributed by atoms with Gasteiger partial charge in [-0.25, -0.2) is 4.99 Å². The number of amidine groups is 1. The Morgan fingerprint density at radius 1 is 1.19 bits per heavy atom. The first-order chi connectivity index (χ1) is 12.3. The molecule has 2 aromatic carbocycles. The van der Waals surface area contributed by atoms with Gasteiger partial charge in [0.2, 0.25) is 0 Å². The van der Waals surface area contributed by atoms with Crippen molar-refractivity contribution in [2.75, 3.05) is 11.6 Å². The molecule has 2 aromatic rings. The smallest absolute Gasteiger partial charge is 0.377 e. The Morgan fingerprint density at radius 2 is 1.88 bits per heavy atom. The predicted octanol–water partition coefficient (Wildman–Crippen LogP) is 5.30. The molecule has 2 rings (SSSR count). The summed E-state index contributed by atoms with van der Waals surface area (Å²) in [6.45, 7) is 1.91. The second-order valence-electron chi connectivity index (χ2n) is 5.36. The lowest BCUT2D eigenvalue weighted by Crippen LogP contribution is -2.13. The minimum absolute atomic E-state index is 0.106. The maximum atomic E-state index is 13.1. The second-order valence-corrected chi connectivity index (χ2v) is 6.16. The van der Waals surface area contributed by atoms with Crippen LogP contribution in [-0.2, 0) is 6.18 Å². The normalized spacial score (nSPS) is 13.0. The van der Waals surface area contributed by atoms with Gasteiger partial charge in [-0.15, -0.1) is 0 Å². The number of halogens is 3. The number of rotatable bonds is 4. The maximum absolute atomic E-state index is 13.1. The molecule has 4 nitrogen and oxygen atoms in total. The number of hydrogen-bond donors (Lipinski definition) is 2. The molecule has 8 heteroatoms. The van der Waals surface area contributed by atoms with Gasteiger partial charge in [-0.2, -0.15) is 18.4 Å². The Kier molecular flexibility index (Phi) is 6.52. The van der Waals surface area contributed by atoms with E-state index in [1.807, 2.05) is 37.3 Å². The molecule has 26 heavy (non-hydrogen) atoms. The summed E-state index contributed by atoms with van der Waals surface area (Å²) in [5, 5.41) is 14.5. The molecule has 0 amide bonds. The summed E-state index contributed by atoms with van der Waals surface area (Å²) >= 11 is 1.13. The number of hydrogen-bond acceptors (Lipinski definition) is 4. The zero-order chi connectivity index (χ0) is 19.2. The van der Waals surface area contributed by atoms with E-state index >= 15 is 0 Å². The van der Waals surface area contributed by atoms with Crippen molar-refractivity contribution in [3.63, 3.8) is 0 Å². The van der Waals surface area contributed by atoms with Crippen LogP contribution in [-0.4, -0.2) is 11.4 Å². The average molecular weight is 378 g/mol. The third kappa shape index (κ3) is 5.17. The zero-order valence-corrected chi connectivity index (χ0v) is 14.9. The maximum Gasteiger partial charge on any atom is 0.416 e. The van der Waals surface area contributed by atoms with Crippen molar-refractivity contribution in [1.82, 2.24) is 5.32 Å². The van der Waals surface area contributed by atoms with Gasteiger partial charge in [-0.3, -0.25) is 5.32 Å². The van der Waals surface area contributed by atoms with Crippen LogP contribution in [0.3, 0.4) is 0 Å². The van der Waals surface area contributed by atoms with E-state index in [1.54, 1.807) is 12.4 Å². The molecule has 0 aliphatic rings. The first-order valence-corrected chi connectivity index (χ1v) is 8.88. The average Bonchev–Trinajstić information content (AvgIpc) is 2.62. The number of nitriles is 1. The quantitative estimate of drug-likeness (QED) is 0.328. The summed E-state index contributed by atoms with van der Waals surface area (Å²) < 4.78 is 39.2. The lowest BCUT2D eigenvalue weighted by atomic mass is 10.1. The number of thioether (sulfide) groups is 1. The van der Waals surface area contributed by atoms with Crippen LogP contribution < -0.4 is 10.6 Å². The summed E-state index contributed by atoms with van der Waals surface area (Å²) in [6, 6.07) is 12.7. The van der Waals surface area contributed by atoms with E-state index in [0.29, 0.717) is 5.69 Å². The molecule has 0 fully saturated rings. The van der Waals surface area contributed by atoms with E-state index in [2.05, 4.69) is 15.6 Å². The molecule has 0 radical (unpaired) electrons. The van der Waals surface area contributed by atoms with Crippen LogP contribution in [0, 0.1) is 11.5 Å². The fourth-order valence-corrected chi connectivity index (χ4v) is 2.60. The lowest BCUT2D eigenvalue weighted by molar-refractivity contribution is -0.137. The predicted molar refractivity (Wildman–Crippen MR) is 99.3 cm³/mol. The molecule has 0 aliphatic heterocycles. The highest BCUT2D eigenvalue weighted by atomic mass is 32.2. The monoisotopic (exact) mass is 378 g/mol. The Labute approximate surface area is 154 Å². The van der Waals surface area contributed by atoms with E-state index in [9.17, 15) is 13.2 Å². The molecule has 0 heterocycles. The largest absolute Gasteiger partial charge is 0.416 e. The highest BCUT2D eigenvalue weighted by Gasteiger charge is 2.31. The minimum Gasteiger partial charge on any atom is -0.377 e. The van der Waals surface area contributed by atoms with E-state index in [4.69, 9.17) is 5.26 Å². The van der Waals surface area contributed by atoms with Crippen LogP contribution >= 0.6 is 11.8 Å². The second kappa shape index (κ2) is 8.63. The van der Waals surface area contributed by atoms with Gasteiger partial charge in [0, 0.05) is 6.04 Å². The Hall–Kier alpha value is -2.66. The molecule has 0 saturated carbocycles. The van der Waals surface area contributed by atoms with Crippen LogP contribution in [0.4, 0.5) is 24.5 Å². The number of anilines is 1. The van der Waals surface area contributed by atoms with Gasteiger partial charge < -0.3 is 5.32 Å².